The highest BCUT2D eigenvalue weighted by Gasteiger charge is 2.23. The number of aromatic nitrogens is 2. The van der Waals surface area contributed by atoms with E-state index in [1.807, 2.05) is 32.9 Å². The maximum absolute atomic E-state index is 12.0. The van der Waals surface area contributed by atoms with Crippen molar-refractivity contribution in [2.75, 3.05) is 0 Å². The van der Waals surface area contributed by atoms with E-state index in [4.69, 9.17) is 4.74 Å². The molecule has 0 bridgehead atoms. The Balaban J connectivity index is 1.97. The fourth-order valence-corrected chi connectivity index (χ4v) is 2.58. The standard InChI is InChI=1S/C16H19N3O2/c1-10(2)18-15(20)8-19-16-12(7-17-19)9-21-14-5-4-11(3)6-13(14)16/h4-7,10H,8-9H2,1-3H3,(H,18,20). The molecule has 5 nitrogen and oxygen atoms in total. The Bertz CT molecular complexity index is 689. The monoisotopic (exact) mass is 285 g/mol. The average molecular weight is 285 g/mol. The van der Waals surface area contributed by atoms with Crippen LogP contribution in [0.1, 0.15) is 25.0 Å². The number of rotatable bonds is 3. The predicted molar refractivity (Wildman–Crippen MR) is 80.0 cm³/mol. The van der Waals surface area contributed by atoms with Gasteiger partial charge in [-0.1, -0.05) is 11.6 Å². The van der Waals surface area contributed by atoms with Crippen molar-refractivity contribution in [2.24, 2.45) is 0 Å². The molecule has 0 aliphatic carbocycles. The molecule has 1 amide bonds. The molecule has 0 saturated heterocycles. The summed E-state index contributed by atoms with van der Waals surface area (Å²) in [6.07, 6.45) is 1.78. The second-order valence-electron chi connectivity index (χ2n) is 5.69. The SMILES string of the molecule is Cc1ccc2c(c1)-c1c(cnn1CC(=O)NC(C)C)CO2. The lowest BCUT2D eigenvalue weighted by molar-refractivity contribution is -0.122. The highest BCUT2D eigenvalue weighted by atomic mass is 16.5. The van der Waals surface area contributed by atoms with Crippen molar-refractivity contribution in [3.05, 3.63) is 35.5 Å². The molecular formula is C16H19N3O2. The highest BCUT2D eigenvalue weighted by molar-refractivity contribution is 5.78. The van der Waals surface area contributed by atoms with Crippen LogP contribution < -0.4 is 10.1 Å². The van der Waals surface area contributed by atoms with Gasteiger partial charge in [-0.25, -0.2) is 0 Å². The first-order chi connectivity index (χ1) is 10.0. The predicted octanol–water partition coefficient (Wildman–Crippen LogP) is 2.28. The largest absolute Gasteiger partial charge is 0.488 e. The maximum atomic E-state index is 12.0. The second kappa shape index (κ2) is 5.24. The van der Waals surface area contributed by atoms with Crippen LogP contribution in [0.4, 0.5) is 0 Å². The fraction of sp³-hybridized carbons (Fsp3) is 0.375. The van der Waals surface area contributed by atoms with Gasteiger partial charge in [-0.15, -0.1) is 0 Å². The molecule has 0 radical (unpaired) electrons. The van der Waals surface area contributed by atoms with Crippen molar-refractivity contribution in [3.8, 4) is 17.0 Å². The number of hydrogen-bond acceptors (Lipinski definition) is 3. The van der Waals surface area contributed by atoms with E-state index in [1.165, 1.54) is 0 Å². The average Bonchev–Trinajstić information content (AvgIpc) is 2.81. The van der Waals surface area contributed by atoms with Crippen LogP contribution in [0.5, 0.6) is 5.75 Å². The van der Waals surface area contributed by atoms with Crippen LogP contribution in [0.3, 0.4) is 0 Å². The van der Waals surface area contributed by atoms with Crippen molar-refractivity contribution in [1.29, 1.82) is 0 Å². The summed E-state index contributed by atoms with van der Waals surface area (Å²) in [5.74, 6) is 0.815. The molecule has 1 aromatic heterocycles. The van der Waals surface area contributed by atoms with Gasteiger partial charge in [0.1, 0.15) is 18.9 Å². The van der Waals surface area contributed by atoms with E-state index < -0.39 is 0 Å². The number of nitrogens with one attached hydrogen (secondary N) is 1. The fourth-order valence-electron chi connectivity index (χ4n) is 2.58. The lowest BCUT2D eigenvalue weighted by Gasteiger charge is -2.20. The number of hydrogen-bond donors (Lipinski definition) is 1. The zero-order chi connectivity index (χ0) is 15.0. The highest BCUT2D eigenvalue weighted by Crippen LogP contribution is 2.37. The third kappa shape index (κ3) is 2.63. The topological polar surface area (TPSA) is 56.2 Å². The van der Waals surface area contributed by atoms with Gasteiger partial charge in [-0.05, 0) is 32.9 Å². The van der Waals surface area contributed by atoms with Crippen molar-refractivity contribution in [2.45, 2.75) is 40.0 Å². The molecule has 21 heavy (non-hydrogen) atoms. The van der Waals surface area contributed by atoms with Gasteiger partial charge >= 0.3 is 0 Å². The van der Waals surface area contributed by atoms with Gasteiger partial charge < -0.3 is 10.1 Å². The van der Waals surface area contributed by atoms with Gasteiger partial charge in [0.15, 0.2) is 0 Å². The summed E-state index contributed by atoms with van der Waals surface area (Å²) in [5.41, 5.74) is 4.17. The lowest BCUT2D eigenvalue weighted by atomic mass is 10.0. The second-order valence-corrected chi connectivity index (χ2v) is 5.69. The smallest absolute Gasteiger partial charge is 0.241 e. The molecule has 0 spiro atoms. The number of carbonyl (C=O) groups excluding carboxylic acids is 1. The van der Waals surface area contributed by atoms with Crippen molar-refractivity contribution < 1.29 is 9.53 Å². The Morgan fingerprint density at radius 1 is 1.48 bits per heavy atom. The van der Waals surface area contributed by atoms with Gasteiger partial charge in [-0.3, -0.25) is 9.48 Å². The molecule has 1 aromatic carbocycles. The van der Waals surface area contributed by atoms with Crippen LogP contribution >= 0.6 is 0 Å². The molecule has 0 fully saturated rings. The number of fused-ring (bicyclic) bond motifs is 3. The number of aryl methyl sites for hydroxylation is 1. The minimum Gasteiger partial charge on any atom is -0.488 e. The minimum atomic E-state index is -0.0309. The van der Waals surface area contributed by atoms with Gasteiger partial charge in [-0.2, -0.15) is 5.10 Å². The molecule has 0 atom stereocenters. The molecule has 0 unspecified atom stereocenters. The van der Waals surface area contributed by atoms with Crippen LogP contribution in [0.2, 0.25) is 0 Å². The molecule has 110 valence electrons. The van der Waals surface area contributed by atoms with Crippen LogP contribution in [0.25, 0.3) is 11.3 Å². The first kappa shape index (κ1) is 13.7. The summed E-state index contributed by atoms with van der Waals surface area (Å²) >= 11 is 0. The van der Waals surface area contributed by atoms with E-state index in [2.05, 4.69) is 16.5 Å². The third-order valence-electron chi connectivity index (χ3n) is 3.43. The number of nitrogens with zero attached hydrogens (tertiary/aromatic N) is 2. The Hall–Kier alpha value is -2.30. The number of amides is 1. The molecule has 3 rings (SSSR count). The molecule has 1 N–H and O–H groups in total. The molecular weight excluding hydrogens is 266 g/mol. The van der Waals surface area contributed by atoms with E-state index in [9.17, 15) is 4.79 Å². The third-order valence-corrected chi connectivity index (χ3v) is 3.43. The zero-order valence-electron chi connectivity index (χ0n) is 12.5. The molecule has 1 aliphatic heterocycles. The minimum absolute atomic E-state index is 0.0309. The van der Waals surface area contributed by atoms with E-state index in [0.29, 0.717) is 6.61 Å². The summed E-state index contributed by atoms with van der Waals surface area (Å²) in [5, 5.41) is 7.24. The van der Waals surface area contributed by atoms with Gasteiger partial charge in [0, 0.05) is 17.2 Å². The van der Waals surface area contributed by atoms with E-state index in [1.54, 1.807) is 10.9 Å². The number of carbonyl (C=O) groups is 1. The van der Waals surface area contributed by atoms with Crippen molar-refractivity contribution in [1.82, 2.24) is 15.1 Å². The lowest BCUT2D eigenvalue weighted by Crippen LogP contribution is -2.33. The summed E-state index contributed by atoms with van der Waals surface area (Å²) in [7, 11) is 0. The summed E-state index contributed by atoms with van der Waals surface area (Å²) in [6, 6.07) is 6.20. The van der Waals surface area contributed by atoms with E-state index in [-0.39, 0.29) is 18.5 Å². The van der Waals surface area contributed by atoms with Crippen LogP contribution in [0.15, 0.2) is 24.4 Å². The van der Waals surface area contributed by atoms with Gasteiger partial charge in [0.2, 0.25) is 5.91 Å². The van der Waals surface area contributed by atoms with Gasteiger partial charge in [0.05, 0.1) is 11.9 Å². The Kier molecular flexibility index (Phi) is 3.41. The van der Waals surface area contributed by atoms with Crippen LogP contribution in [-0.4, -0.2) is 21.7 Å². The quantitative estimate of drug-likeness (QED) is 0.941. The first-order valence-electron chi connectivity index (χ1n) is 7.12. The molecule has 5 heteroatoms. The van der Waals surface area contributed by atoms with E-state index in [0.717, 1.165) is 28.1 Å². The normalized spacial score (nSPS) is 12.6. The van der Waals surface area contributed by atoms with Crippen LogP contribution in [-0.2, 0) is 17.9 Å². The molecule has 2 heterocycles. The maximum Gasteiger partial charge on any atom is 0.241 e. The number of ether oxygens (including phenoxy) is 1. The molecule has 1 aliphatic rings. The van der Waals surface area contributed by atoms with Crippen molar-refractivity contribution in [3.63, 3.8) is 0 Å². The van der Waals surface area contributed by atoms with E-state index >= 15 is 0 Å². The molecule has 0 saturated carbocycles. The van der Waals surface area contributed by atoms with Crippen LogP contribution in [0, 0.1) is 6.92 Å². The Morgan fingerprint density at radius 2 is 2.29 bits per heavy atom. The van der Waals surface area contributed by atoms with Gasteiger partial charge in [0.25, 0.3) is 0 Å². The summed E-state index contributed by atoms with van der Waals surface area (Å²) in [4.78, 5) is 12.0. The Labute approximate surface area is 123 Å². The Morgan fingerprint density at radius 3 is 3.05 bits per heavy atom. The molecule has 2 aromatic rings. The van der Waals surface area contributed by atoms with Crippen molar-refractivity contribution >= 4 is 5.91 Å². The summed E-state index contributed by atoms with van der Waals surface area (Å²) in [6.45, 7) is 6.66. The first-order valence-corrected chi connectivity index (χ1v) is 7.12. The summed E-state index contributed by atoms with van der Waals surface area (Å²) < 4.78 is 7.49. The zero-order valence-corrected chi connectivity index (χ0v) is 12.5. The number of benzene rings is 1.